The van der Waals surface area contributed by atoms with Crippen LogP contribution in [0.3, 0.4) is 0 Å². The maximum atomic E-state index is 11.9. The summed E-state index contributed by atoms with van der Waals surface area (Å²) >= 11 is 0. The van der Waals surface area contributed by atoms with E-state index in [2.05, 4.69) is 21.3 Å². The topological polar surface area (TPSA) is 82.3 Å². The average Bonchev–Trinajstić information content (AvgIpc) is 2.73. The molecule has 4 saturated carbocycles. The molecule has 6 nitrogen and oxygen atoms in total. The van der Waals surface area contributed by atoms with Gasteiger partial charge in [0.2, 0.25) is 11.8 Å². The fourth-order valence-corrected chi connectivity index (χ4v) is 6.88. The van der Waals surface area contributed by atoms with E-state index >= 15 is 0 Å². The molecule has 1 atom stereocenters. The molecule has 1 aliphatic heterocycles. The van der Waals surface area contributed by atoms with Crippen LogP contribution in [0.2, 0.25) is 0 Å². The molecule has 0 radical (unpaired) electrons. The van der Waals surface area contributed by atoms with Gasteiger partial charge >= 0.3 is 0 Å². The fraction of sp³-hybridized carbons (Fsp3) is 0.680. The van der Waals surface area contributed by atoms with Crippen LogP contribution in [0.15, 0.2) is 24.3 Å². The number of nitrogens with one attached hydrogen (secondary N) is 4. The zero-order valence-corrected chi connectivity index (χ0v) is 18.4. The number of amides is 2. The van der Waals surface area contributed by atoms with Crippen LogP contribution >= 0.6 is 0 Å². The first-order chi connectivity index (χ1) is 15.1. The zero-order chi connectivity index (χ0) is 21.3. The summed E-state index contributed by atoms with van der Waals surface area (Å²) in [6.45, 7) is 2.12. The van der Waals surface area contributed by atoms with Crippen molar-refractivity contribution < 1.29 is 9.59 Å². The third-order valence-corrected chi connectivity index (χ3v) is 7.94. The number of hydrogen-bond acceptors (Lipinski definition) is 5. The molecule has 6 heteroatoms. The van der Waals surface area contributed by atoms with Crippen LogP contribution in [0, 0.1) is 17.8 Å². The summed E-state index contributed by atoms with van der Waals surface area (Å²) < 4.78 is 0. The van der Waals surface area contributed by atoms with Crippen molar-refractivity contribution in [1.82, 2.24) is 10.6 Å². The number of imide groups is 1. The van der Waals surface area contributed by atoms with E-state index < -0.39 is 0 Å². The third-order valence-electron chi connectivity index (χ3n) is 7.94. The molecule has 1 saturated heterocycles. The van der Waals surface area contributed by atoms with Gasteiger partial charge in [0.1, 0.15) is 6.04 Å². The minimum Gasteiger partial charge on any atom is -0.385 e. The molecule has 0 spiro atoms. The molecule has 2 amide bonds. The highest BCUT2D eigenvalue weighted by Gasteiger charge is 2.50. The van der Waals surface area contributed by atoms with Crippen molar-refractivity contribution >= 4 is 23.2 Å². The van der Waals surface area contributed by atoms with Gasteiger partial charge in [0, 0.05) is 29.9 Å². The normalized spacial score (nSPS) is 33.9. The van der Waals surface area contributed by atoms with Gasteiger partial charge in [-0.15, -0.1) is 0 Å². The highest BCUT2D eigenvalue weighted by Crippen LogP contribution is 2.55. The van der Waals surface area contributed by atoms with E-state index in [0.29, 0.717) is 18.4 Å². The predicted octanol–water partition coefficient (Wildman–Crippen LogP) is 3.65. The Bertz CT molecular complexity index is 771. The molecule has 6 rings (SSSR count). The Morgan fingerprint density at radius 2 is 1.48 bits per heavy atom. The number of benzene rings is 1. The standard InChI is InChI=1S/C25H36N4O2/c30-23-8-7-22(24(31)29-23)28-21-5-3-20(4-6-21)26-9-1-2-10-27-25-14-17-11-18(15-25)13-19(12-17)16-25/h3-6,17-19,22,26-28H,1-2,7-16H2,(H,29,30,31). The first-order valence-electron chi connectivity index (χ1n) is 12.3. The molecule has 1 aromatic carbocycles. The number of rotatable bonds is 9. The monoisotopic (exact) mass is 424 g/mol. The van der Waals surface area contributed by atoms with E-state index in [1.807, 2.05) is 24.3 Å². The molecule has 31 heavy (non-hydrogen) atoms. The van der Waals surface area contributed by atoms with Gasteiger partial charge in [0.05, 0.1) is 0 Å². The lowest BCUT2D eigenvalue weighted by molar-refractivity contribution is -0.133. The molecule has 5 fully saturated rings. The Morgan fingerprint density at radius 3 is 2.13 bits per heavy atom. The number of piperidine rings is 1. The molecular formula is C25H36N4O2. The Kier molecular flexibility index (Phi) is 5.91. The van der Waals surface area contributed by atoms with Crippen molar-refractivity contribution in [3.63, 3.8) is 0 Å². The summed E-state index contributed by atoms with van der Waals surface area (Å²) in [5.74, 6) is 2.60. The van der Waals surface area contributed by atoms with Gasteiger partial charge in [-0.3, -0.25) is 14.9 Å². The summed E-state index contributed by atoms with van der Waals surface area (Å²) in [6, 6.07) is 7.73. The molecular weight excluding hydrogens is 388 g/mol. The molecule has 1 unspecified atom stereocenters. The number of anilines is 2. The lowest BCUT2D eigenvalue weighted by Crippen LogP contribution is -2.58. The molecule has 4 N–H and O–H groups in total. The average molecular weight is 425 g/mol. The van der Waals surface area contributed by atoms with Gasteiger partial charge in [0.15, 0.2) is 0 Å². The Hall–Kier alpha value is -2.08. The van der Waals surface area contributed by atoms with E-state index in [0.717, 1.165) is 48.6 Å². The van der Waals surface area contributed by atoms with Crippen molar-refractivity contribution in [2.24, 2.45) is 17.8 Å². The van der Waals surface area contributed by atoms with E-state index in [-0.39, 0.29) is 17.9 Å². The number of unbranched alkanes of at least 4 members (excludes halogenated alkanes) is 1. The molecule has 4 aliphatic carbocycles. The van der Waals surface area contributed by atoms with Crippen LogP contribution in [-0.2, 0) is 9.59 Å². The van der Waals surface area contributed by atoms with E-state index in [1.54, 1.807) is 0 Å². The quantitative estimate of drug-likeness (QED) is 0.359. The van der Waals surface area contributed by atoms with Gasteiger partial charge in [-0.2, -0.15) is 0 Å². The summed E-state index contributed by atoms with van der Waals surface area (Å²) in [6.07, 6.45) is 12.1. The maximum Gasteiger partial charge on any atom is 0.249 e. The fourth-order valence-electron chi connectivity index (χ4n) is 6.88. The smallest absolute Gasteiger partial charge is 0.249 e. The van der Waals surface area contributed by atoms with Gasteiger partial charge in [-0.05, 0) is 106 Å². The van der Waals surface area contributed by atoms with Crippen LogP contribution in [0.5, 0.6) is 0 Å². The van der Waals surface area contributed by atoms with Crippen molar-refractivity contribution in [3.05, 3.63) is 24.3 Å². The van der Waals surface area contributed by atoms with Gasteiger partial charge < -0.3 is 16.0 Å². The van der Waals surface area contributed by atoms with Crippen molar-refractivity contribution in [3.8, 4) is 0 Å². The van der Waals surface area contributed by atoms with E-state index in [1.165, 1.54) is 44.9 Å². The van der Waals surface area contributed by atoms with Crippen LogP contribution in [-0.4, -0.2) is 36.5 Å². The van der Waals surface area contributed by atoms with E-state index in [4.69, 9.17) is 0 Å². The third kappa shape index (κ3) is 4.89. The van der Waals surface area contributed by atoms with E-state index in [9.17, 15) is 9.59 Å². The van der Waals surface area contributed by atoms with Crippen molar-refractivity contribution in [2.45, 2.75) is 75.8 Å². The summed E-state index contributed by atoms with van der Waals surface area (Å²) in [5.41, 5.74) is 2.48. The Balaban J connectivity index is 0.993. The molecule has 1 aromatic rings. The second-order valence-electron chi connectivity index (χ2n) is 10.5. The minimum atomic E-state index is -0.335. The molecule has 0 aromatic heterocycles. The summed E-state index contributed by atoms with van der Waals surface area (Å²) in [4.78, 5) is 23.1. The number of carbonyl (C=O) groups is 2. The molecule has 4 bridgehead atoms. The van der Waals surface area contributed by atoms with Crippen LogP contribution in [0.25, 0.3) is 0 Å². The van der Waals surface area contributed by atoms with Gasteiger partial charge in [-0.25, -0.2) is 0 Å². The highest BCUT2D eigenvalue weighted by atomic mass is 16.2. The Morgan fingerprint density at radius 1 is 0.871 bits per heavy atom. The zero-order valence-electron chi connectivity index (χ0n) is 18.4. The van der Waals surface area contributed by atoms with Crippen LogP contribution < -0.4 is 21.3 Å². The predicted molar refractivity (Wildman–Crippen MR) is 123 cm³/mol. The first kappa shape index (κ1) is 20.8. The molecule has 1 heterocycles. The number of hydrogen-bond donors (Lipinski definition) is 4. The van der Waals surface area contributed by atoms with Gasteiger partial charge in [-0.1, -0.05) is 0 Å². The minimum absolute atomic E-state index is 0.185. The van der Waals surface area contributed by atoms with Crippen LogP contribution in [0.1, 0.15) is 64.2 Å². The van der Waals surface area contributed by atoms with Crippen molar-refractivity contribution in [1.29, 1.82) is 0 Å². The largest absolute Gasteiger partial charge is 0.385 e. The second-order valence-corrected chi connectivity index (χ2v) is 10.5. The lowest BCUT2D eigenvalue weighted by atomic mass is 9.53. The number of carbonyl (C=O) groups excluding carboxylic acids is 2. The molecule has 168 valence electrons. The van der Waals surface area contributed by atoms with Crippen LogP contribution in [0.4, 0.5) is 11.4 Å². The lowest BCUT2D eigenvalue weighted by Gasteiger charge is -2.57. The van der Waals surface area contributed by atoms with Gasteiger partial charge in [0.25, 0.3) is 0 Å². The SMILES string of the molecule is O=C1CCC(Nc2ccc(NCCCCNC34CC5CC(CC(C5)C3)C4)cc2)C(=O)N1. The second kappa shape index (κ2) is 8.81. The maximum absolute atomic E-state index is 11.9. The molecule has 5 aliphatic rings. The highest BCUT2D eigenvalue weighted by molar-refractivity contribution is 6.01. The first-order valence-corrected chi connectivity index (χ1v) is 12.3. The summed E-state index contributed by atoms with van der Waals surface area (Å²) in [5, 5.41) is 13.1. The Labute approximate surface area is 185 Å². The van der Waals surface area contributed by atoms with Crippen molar-refractivity contribution in [2.75, 3.05) is 23.7 Å². The summed E-state index contributed by atoms with van der Waals surface area (Å²) in [7, 11) is 0.